The molecule has 1 atom stereocenters. The van der Waals surface area contributed by atoms with Crippen molar-refractivity contribution in [2.45, 2.75) is 45.2 Å². The molecular weight excluding hydrogens is 228 g/mol. The number of rotatable bonds is 2. The summed E-state index contributed by atoms with van der Waals surface area (Å²) in [6.07, 6.45) is 5.53. The van der Waals surface area contributed by atoms with Gasteiger partial charge in [-0.1, -0.05) is 0 Å². The van der Waals surface area contributed by atoms with Crippen LogP contribution in [0.2, 0.25) is 0 Å². The molecule has 0 bridgehead atoms. The van der Waals surface area contributed by atoms with Crippen LogP contribution in [0.1, 0.15) is 44.0 Å². The van der Waals surface area contributed by atoms with Crippen molar-refractivity contribution in [3.8, 4) is 0 Å². The van der Waals surface area contributed by atoms with Crippen molar-refractivity contribution >= 4 is 5.91 Å². The standard InChI is InChI=1S/C13H22N4O/c1-13(2,3)17-9-10(8-15-17)12(18)16-6-4-5-11(16)7-14/h8-9,11H,4-7,14H2,1-3H3. The Labute approximate surface area is 108 Å². The molecule has 0 aliphatic carbocycles. The van der Waals surface area contributed by atoms with Gasteiger partial charge in [0.25, 0.3) is 5.91 Å². The van der Waals surface area contributed by atoms with Gasteiger partial charge in [-0.3, -0.25) is 9.48 Å². The van der Waals surface area contributed by atoms with Gasteiger partial charge in [-0.2, -0.15) is 5.10 Å². The number of aromatic nitrogens is 2. The van der Waals surface area contributed by atoms with Crippen LogP contribution in [-0.4, -0.2) is 39.7 Å². The predicted octanol–water partition coefficient (Wildman–Crippen LogP) is 1.20. The number of amides is 1. The number of carbonyl (C=O) groups excluding carboxylic acids is 1. The second-order valence-corrected chi connectivity index (χ2v) is 5.87. The highest BCUT2D eigenvalue weighted by atomic mass is 16.2. The zero-order valence-corrected chi connectivity index (χ0v) is 11.4. The smallest absolute Gasteiger partial charge is 0.257 e. The lowest BCUT2D eigenvalue weighted by atomic mass is 10.1. The van der Waals surface area contributed by atoms with E-state index >= 15 is 0 Å². The molecule has 1 fully saturated rings. The van der Waals surface area contributed by atoms with E-state index in [-0.39, 0.29) is 17.5 Å². The van der Waals surface area contributed by atoms with Crippen LogP contribution in [0.5, 0.6) is 0 Å². The van der Waals surface area contributed by atoms with Crippen molar-refractivity contribution in [2.24, 2.45) is 5.73 Å². The minimum Gasteiger partial charge on any atom is -0.334 e. The van der Waals surface area contributed by atoms with Crippen molar-refractivity contribution in [2.75, 3.05) is 13.1 Å². The van der Waals surface area contributed by atoms with Crippen molar-refractivity contribution in [3.05, 3.63) is 18.0 Å². The lowest BCUT2D eigenvalue weighted by Gasteiger charge is -2.23. The Hall–Kier alpha value is -1.36. The number of likely N-dealkylation sites (tertiary alicyclic amines) is 1. The van der Waals surface area contributed by atoms with Gasteiger partial charge < -0.3 is 10.6 Å². The van der Waals surface area contributed by atoms with Gasteiger partial charge in [0.15, 0.2) is 0 Å². The highest BCUT2D eigenvalue weighted by Crippen LogP contribution is 2.20. The SMILES string of the molecule is CC(C)(C)n1cc(C(=O)N2CCCC2CN)cn1. The Morgan fingerprint density at radius 3 is 2.83 bits per heavy atom. The first-order valence-corrected chi connectivity index (χ1v) is 6.49. The predicted molar refractivity (Wildman–Crippen MR) is 70.3 cm³/mol. The summed E-state index contributed by atoms with van der Waals surface area (Å²) in [6, 6.07) is 0.190. The van der Waals surface area contributed by atoms with Crippen LogP contribution >= 0.6 is 0 Å². The average molecular weight is 250 g/mol. The zero-order chi connectivity index (χ0) is 13.3. The summed E-state index contributed by atoms with van der Waals surface area (Å²) >= 11 is 0. The summed E-state index contributed by atoms with van der Waals surface area (Å²) in [5.74, 6) is 0.0541. The molecule has 2 rings (SSSR count). The van der Waals surface area contributed by atoms with Gasteiger partial charge in [-0.25, -0.2) is 0 Å². The van der Waals surface area contributed by atoms with E-state index in [0.717, 1.165) is 19.4 Å². The van der Waals surface area contributed by atoms with E-state index in [1.54, 1.807) is 6.20 Å². The number of nitrogens with zero attached hydrogens (tertiary/aromatic N) is 3. The minimum absolute atomic E-state index is 0.0541. The van der Waals surface area contributed by atoms with Gasteiger partial charge in [-0.15, -0.1) is 0 Å². The van der Waals surface area contributed by atoms with Gasteiger partial charge >= 0.3 is 0 Å². The van der Waals surface area contributed by atoms with Crippen LogP contribution in [0.15, 0.2) is 12.4 Å². The lowest BCUT2D eigenvalue weighted by molar-refractivity contribution is 0.0741. The molecule has 0 radical (unpaired) electrons. The van der Waals surface area contributed by atoms with Crippen molar-refractivity contribution in [3.63, 3.8) is 0 Å². The van der Waals surface area contributed by atoms with Crippen LogP contribution in [0.25, 0.3) is 0 Å². The maximum absolute atomic E-state index is 12.4. The Morgan fingerprint density at radius 2 is 2.28 bits per heavy atom. The van der Waals surface area contributed by atoms with E-state index in [1.165, 1.54) is 0 Å². The average Bonchev–Trinajstić information content (AvgIpc) is 2.96. The highest BCUT2D eigenvalue weighted by Gasteiger charge is 2.29. The maximum Gasteiger partial charge on any atom is 0.257 e. The summed E-state index contributed by atoms with van der Waals surface area (Å²) in [7, 11) is 0. The molecule has 2 N–H and O–H groups in total. The first-order valence-electron chi connectivity index (χ1n) is 6.49. The van der Waals surface area contributed by atoms with Gasteiger partial charge in [0, 0.05) is 25.3 Å². The third kappa shape index (κ3) is 2.41. The van der Waals surface area contributed by atoms with E-state index in [1.807, 2.05) is 15.8 Å². The summed E-state index contributed by atoms with van der Waals surface area (Å²) in [6.45, 7) is 7.53. The third-order valence-electron chi connectivity index (χ3n) is 3.43. The summed E-state index contributed by atoms with van der Waals surface area (Å²) in [5.41, 5.74) is 6.26. The minimum atomic E-state index is -0.100. The Kier molecular flexibility index (Phi) is 3.43. The number of hydrogen-bond donors (Lipinski definition) is 1. The summed E-state index contributed by atoms with van der Waals surface area (Å²) in [5, 5.41) is 4.27. The molecule has 2 heterocycles. The molecule has 1 aromatic rings. The molecule has 1 amide bonds. The molecule has 5 heteroatoms. The second-order valence-electron chi connectivity index (χ2n) is 5.87. The number of hydrogen-bond acceptors (Lipinski definition) is 3. The Bertz CT molecular complexity index is 432. The van der Waals surface area contributed by atoms with Gasteiger partial charge in [-0.05, 0) is 33.6 Å². The zero-order valence-electron chi connectivity index (χ0n) is 11.4. The first kappa shape index (κ1) is 13.1. The van der Waals surface area contributed by atoms with Crippen LogP contribution in [0, 0.1) is 0 Å². The molecule has 100 valence electrons. The molecule has 1 unspecified atom stereocenters. The van der Waals surface area contributed by atoms with Gasteiger partial charge in [0.1, 0.15) is 0 Å². The van der Waals surface area contributed by atoms with Crippen molar-refractivity contribution < 1.29 is 4.79 Å². The quantitative estimate of drug-likeness (QED) is 0.858. The lowest BCUT2D eigenvalue weighted by Crippen LogP contribution is -2.39. The molecular formula is C13H22N4O. The summed E-state index contributed by atoms with van der Waals surface area (Å²) in [4.78, 5) is 14.3. The fraction of sp³-hybridized carbons (Fsp3) is 0.692. The first-order chi connectivity index (χ1) is 8.43. The normalized spacial score (nSPS) is 20.4. The Morgan fingerprint density at radius 1 is 1.56 bits per heavy atom. The van der Waals surface area contributed by atoms with Crippen LogP contribution in [-0.2, 0) is 5.54 Å². The molecule has 5 nitrogen and oxygen atoms in total. The number of nitrogens with two attached hydrogens (primary N) is 1. The fourth-order valence-electron chi connectivity index (χ4n) is 2.31. The molecule has 0 saturated carbocycles. The molecule has 1 saturated heterocycles. The molecule has 1 aromatic heterocycles. The highest BCUT2D eigenvalue weighted by molar-refractivity contribution is 5.94. The van der Waals surface area contributed by atoms with Crippen molar-refractivity contribution in [1.29, 1.82) is 0 Å². The molecule has 0 aromatic carbocycles. The molecule has 1 aliphatic heterocycles. The van der Waals surface area contributed by atoms with Gasteiger partial charge in [0.2, 0.25) is 0 Å². The van der Waals surface area contributed by atoms with Gasteiger partial charge in [0.05, 0.1) is 17.3 Å². The largest absolute Gasteiger partial charge is 0.334 e. The third-order valence-corrected chi connectivity index (χ3v) is 3.43. The van der Waals surface area contributed by atoms with E-state index in [9.17, 15) is 4.79 Å². The van der Waals surface area contributed by atoms with Crippen LogP contribution in [0.4, 0.5) is 0 Å². The fourth-order valence-corrected chi connectivity index (χ4v) is 2.31. The maximum atomic E-state index is 12.4. The summed E-state index contributed by atoms with van der Waals surface area (Å²) < 4.78 is 1.83. The molecule has 18 heavy (non-hydrogen) atoms. The number of carbonyl (C=O) groups is 1. The Balaban J connectivity index is 2.16. The van der Waals surface area contributed by atoms with E-state index in [2.05, 4.69) is 25.9 Å². The topological polar surface area (TPSA) is 64.2 Å². The van der Waals surface area contributed by atoms with Crippen molar-refractivity contribution in [1.82, 2.24) is 14.7 Å². The molecule has 0 spiro atoms. The van der Waals surface area contributed by atoms with Crippen LogP contribution in [0.3, 0.4) is 0 Å². The monoisotopic (exact) mass is 250 g/mol. The van der Waals surface area contributed by atoms with E-state index in [0.29, 0.717) is 12.1 Å². The van der Waals surface area contributed by atoms with E-state index < -0.39 is 0 Å². The molecule has 1 aliphatic rings. The van der Waals surface area contributed by atoms with Crippen LogP contribution < -0.4 is 5.73 Å². The second kappa shape index (κ2) is 4.72. The van der Waals surface area contributed by atoms with E-state index in [4.69, 9.17) is 5.73 Å².